The predicted octanol–water partition coefficient (Wildman–Crippen LogP) is 3.56. The summed E-state index contributed by atoms with van der Waals surface area (Å²) >= 11 is 0. The van der Waals surface area contributed by atoms with Crippen molar-refractivity contribution in [3.63, 3.8) is 0 Å². The third-order valence-corrected chi connectivity index (χ3v) is 2.89. The Kier molecular flexibility index (Phi) is 3.82. The molecule has 0 aliphatic heterocycles. The van der Waals surface area contributed by atoms with E-state index in [0.717, 1.165) is 17.8 Å². The summed E-state index contributed by atoms with van der Waals surface area (Å²) in [5, 5.41) is 9.16. The summed E-state index contributed by atoms with van der Waals surface area (Å²) in [7, 11) is 0. The minimum atomic E-state index is -0.573. The second kappa shape index (κ2) is 5.54. The summed E-state index contributed by atoms with van der Waals surface area (Å²) < 4.78 is 13.3. The van der Waals surface area contributed by atoms with E-state index in [0.29, 0.717) is 6.54 Å². The normalized spacial score (nSPS) is 10.3. The van der Waals surface area contributed by atoms with Crippen molar-refractivity contribution in [2.24, 2.45) is 0 Å². The fourth-order valence-corrected chi connectivity index (χ4v) is 1.89. The topological polar surface area (TPSA) is 23.5 Å². The van der Waals surface area contributed by atoms with Crippen molar-refractivity contribution in [3.8, 4) is 5.75 Å². The van der Waals surface area contributed by atoms with Crippen molar-refractivity contribution in [3.05, 3.63) is 59.9 Å². The Morgan fingerprint density at radius 1 is 1.11 bits per heavy atom. The molecule has 0 aliphatic rings. The quantitative estimate of drug-likeness (QED) is 0.890. The zero-order valence-corrected chi connectivity index (χ0v) is 10.3. The lowest BCUT2D eigenvalue weighted by Gasteiger charge is -2.23. The van der Waals surface area contributed by atoms with Crippen LogP contribution in [0.5, 0.6) is 5.75 Å². The van der Waals surface area contributed by atoms with Gasteiger partial charge in [0.25, 0.3) is 0 Å². The molecule has 0 aromatic heterocycles. The molecule has 0 atom stereocenters. The number of phenolic OH excluding ortho intramolecular Hbond substituents is 1. The molecule has 0 bridgehead atoms. The van der Waals surface area contributed by atoms with E-state index in [1.807, 2.05) is 30.3 Å². The average Bonchev–Trinajstić information content (AvgIpc) is 2.41. The van der Waals surface area contributed by atoms with E-state index < -0.39 is 5.82 Å². The summed E-state index contributed by atoms with van der Waals surface area (Å²) in [6, 6.07) is 14.5. The molecule has 0 heterocycles. The van der Waals surface area contributed by atoms with Crippen LogP contribution in [0.15, 0.2) is 48.5 Å². The van der Waals surface area contributed by atoms with E-state index in [1.54, 1.807) is 6.07 Å². The molecule has 0 fully saturated rings. The van der Waals surface area contributed by atoms with Gasteiger partial charge in [-0.1, -0.05) is 24.3 Å². The number of nitrogens with zero attached hydrogens (tertiary/aromatic N) is 1. The zero-order chi connectivity index (χ0) is 13.0. The summed E-state index contributed by atoms with van der Waals surface area (Å²) in [5.41, 5.74) is 1.95. The molecule has 2 nitrogen and oxygen atoms in total. The molecule has 18 heavy (non-hydrogen) atoms. The lowest BCUT2D eigenvalue weighted by atomic mass is 10.2. The highest BCUT2D eigenvalue weighted by molar-refractivity contribution is 5.46. The molecule has 0 radical (unpaired) electrons. The number of para-hydroxylation sites is 1. The number of benzene rings is 2. The van der Waals surface area contributed by atoms with Crippen LogP contribution in [-0.2, 0) is 6.54 Å². The van der Waals surface area contributed by atoms with Crippen LogP contribution < -0.4 is 4.90 Å². The predicted molar refractivity (Wildman–Crippen MR) is 71.2 cm³/mol. The third kappa shape index (κ3) is 2.80. The largest absolute Gasteiger partial charge is 0.505 e. The van der Waals surface area contributed by atoms with E-state index >= 15 is 0 Å². The Labute approximate surface area is 106 Å². The van der Waals surface area contributed by atoms with Gasteiger partial charge in [-0.3, -0.25) is 0 Å². The van der Waals surface area contributed by atoms with Crippen LogP contribution >= 0.6 is 0 Å². The van der Waals surface area contributed by atoms with Gasteiger partial charge >= 0.3 is 0 Å². The first-order chi connectivity index (χ1) is 8.70. The maximum atomic E-state index is 13.3. The monoisotopic (exact) mass is 245 g/mol. The van der Waals surface area contributed by atoms with Crippen LogP contribution in [0.2, 0.25) is 0 Å². The van der Waals surface area contributed by atoms with Crippen LogP contribution in [0, 0.1) is 5.82 Å². The first-order valence-electron chi connectivity index (χ1n) is 5.98. The number of rotatable bonds is 4. The van der Waals surface area contributed by atoms with Gasteiger partial charge in [-0.05, 0) is 36.8 Å². The molecule has 3 heteroatoms. The van der Waals surface area contributed by atoms with Gasteiger partial charge in [0.1, 0.15) is 0 Å². The summed E-state index contributed by atoms with van der Waals surface area (Å²) in [6.07, 6.45) is 0. The van der Waals surface area contributed by atoms with E-state index in [4.69, 9.17) is 5.11 Å². The summed E-state index contributed by atoms with van der Waals surface area (Å²) in [4.78, 5) is 2.14. The number of halogens is 1. The van der Waals surface area contributed by atoms with Crippen LogP contribution in [0.4, 0.5) is 10.1 Å². The Bertz CT molecular complexity index is 513. The molecular formula is C15H16FNO. The molecule has 0 unspecified atom stereocenters. The molecule has 94 valence electrons. The first-order valence-corrected chi connectivity index (χ1v) is 5.98. The highest BCUT2D eigenvalue weighted by atomic mass is 19.1. The van der Waals surface area contributed by atoms with Gasteiger partial charge in [-0.25, -0.2) is 4.39 Å². The molecular weight excluding hydrogens is 229 g/mol. The molecule has 0 saturated carbocycles. The van der Waals surface area contributed by atoms with Crippen LogP contribution in [0.3, 0.4) is 0 Å². The average molecular weight is 245 g/mol. The van der Waals surface area contributed by atoms with Gasteiger partial charge < -0.3 is 10.0 Å². The van der Waals surface area contributed by atoms with Crippen LogP contribution in [0.25, 0.3) is 0 Å². The fraction of sp³-hybridized carbons (Fsp3) is 0.200. The minimum absolute atomic E-state index is 0.304. The van der Waals surface area contributed by atoms with Gasteiger partial charge in [0, 0.05) is 18.8 Å². The number of anilines is 1. The zero-order valence-electron chi connectivity index (χ0n) is 10.3. The first kappa shape index (κ1) is 12.4. The van der Waals surface area contributed by atoms with Crippen LogP contribution in [-0.4, -0.2) is 11.7 Å². The molecule has 2 aromatic rings. The van der Waals surface area contributed by atoms with E-state index in [2.05, 4.69) is 11.8 Å². The standard InChI is InChI=1S/C15H16FNO/c1-2-17(13-6-4-3-5-7-13)11-12-8-9-15(18)14(16)10-12/h3-10,18H,2,11H2,1H3. The van der Waals surface area contributed by atoms with E-state index in [-0.39, 0.29) is 5.75 Å². The number of phenols is 1. The number of aromatic hydroxyl groups is 1. The Morgan fingerprint density at radius 2 is 1.83 bits per heavy atom. The summed E-state index contributed by atoms with van der Waals surface area (Å²) in [6.45, 7) is 3.52. The van der Waals surface area contributed by atoms with Crippen LogP contribution in [0.1, 0.15) is 12.5 Å². The fourth-order valence-electron chi connectivity index (χ4n) is 1.89. The second-order valence-electron chi connectivity index (χ2n) is 4.14. The molecule has 0 saturated heterocycles. The Balaban J connectivity index is 2.18. The van der Waals surface area contributed by atoms with Gasteiger partial charge in [0.05, 0.1) is 0 Å². The Morgan fingerprint density at radius 3 is 2.44 bits per heavy atom. The van der Waals surface area contributed by atoms with Crippen molar-refractivity contribution >= 4 is 5.69 Å². The van der Waals surface area contributed by atoms with Crippen molar-refractivity contribution in [1.29, 1.82) is 0 Å². The van der Waals surface area contributed by atoms with Crippen molar-refractivity contribution < 1.29 is 9.50 Å². The Hall–Kier alpha value is -2.03. The third-order valence-electron chi connectivity index (χ3n) is 2.89. The molecule has 2 rings (SSSR count). The molecule has 2 aromatic carbocycles. The number of hydrogen-bond acceptors (Lipinski definition) is 2. The van der Waals surface area contributed by atoms with Crippen molar-refractivity contribution in [2.75, 3.05) is 11.4 Å². The maximum Gasteiger partial charge on any atom is 0.165 e. The maximum absolute atomic E-state index is 13.3. The smallest absolute Gasteiger partial charge is 0.165 e. The second-order valence-corrected chi connectivity index (χ2v) is 4.14. The SMILES string of the molecule is CCN(Cc1ccc(O)c(F)c1)c1ccccc1. The van der Waals surface area contributed by atoms with Gasteiger partial charge in [-0.15, -0.1) is 0 Å². The van der Waals surface area contributed by atoms with E-state index in [1.165, 1.54) is 12.1 Å². The molecule has 0 aliphatic carbocycles. The highest BCUT2D eigenvalue weighted by Crippen LogP contribution is 2.20. The lowest BCUT2D eigenvalue weighted by molar-refractivity contribution is 0.431. The van der Waals surface area contributed by atoms with E-state index in [9.17, 15) is 4.39 Å². The lowest BCUT2D eigenvalue weighted by Crippen LogP contribution is -2.21. The highest BCUT2D eigenvalue weighted by Gasteiger charge is 2.07. The van der Waals surface area contributed by atoms with Crippen molar-refractivity contribution in [2.45, 2.75) is 13.5 Å². The molecule has 0 amide bonds. The minimum Gasteiger partial charge on any atom is -0.505 e. The van der Waals surface area contributed by atoms with Gasteiger partial charge in [0.2, 0.25) is 0 Å². The van der Waals surface area contributed by atoms with Crippen molar-refractivity contribution in [1.82, 2.24) is 0 Å². The van der Waals surface area contributed by atoms with Gasteiger partial charge in [0.15, 0.2) is 11.6 Å². The molecule has 0 spiro atoms. The summed E-state index contributed by atoms with van der Waals surface area (Å²) in [5.74, 6) is -0.877. The van der Waals surface area contributed by atoms with Gasteiger partial charge in [-0.2, -0.15) is 0 Å². The number of hydrogen-bond donors (Lipinski definition) is 1. The molecule has 1 N–H and O–H groups in total.